The summed E-state index contributed by atoms with van der Waals surface area (Å²) in [6.07, 6.45) is 7.12. The normalized spacial score (nSPS) is 11.2. The van der Waals surface area contributed by atoms with Gasteiger partial charge in [-0.25, -0.2) is 8.78 Å². The zero-order chi connectivity index (χ0) is 18.3. The van der Waals surface area contributed by atoms with Crippen molar-refractivity contribution in [2.24, 2.45) is 0 Å². The lowest BCUT2D eigenvalue weighted by Crippen LogP contribution is -1.99. The van der Waals surface area contributed by atoms with Gasteiger partial charge < -0.3 is 4.57 Å². The summed E-state index contributed by atoms with van der Waals surface area (Å²) in [4.78, 5) is 8.22. The van der Waals surface area contributed by atoms with E-state index in [1.807, 2.05) is 6.07 Å². The highest BCUT2D eigenvalue weighted by Crippen LogP contribution is 2.27. The molecular weight excluding hydrogens is 356 g/mol. The quantitative estimate of drug-likeness (QED) is 0.493. The van der Waals surface area contributed by atoms with E-state index in [9.17, 15) is 8.78 Å². The Hall–Kier alpha value is -2.79. The molecule has 0 bridgehead atoms. The predicted molar refractivity (Wildman–Crippen MR) is 97.8 cm³/mol. The summed E-state index contributed by atoms with van der Waals surface area (Å²) in [5, 5.41) is 1.23. The van der Waals surface area contributed by atoms with E-state index in [1.165, 1.54) is 6.07 Å². The van der Waals surface area contributed by atoms with Crippen molar-refractivity contribution in [1.82, 2.24) is 14.5 Å². The summed E-state index contributed by atoms with van der Waals surface area (Å²) >= 11 is 5.84. The highest BCUT2D eigenvalue weighted by molar-refractivity contribution is 6.30. The summed E-state index contributed by atoms with van der Waals surface area (Å²) in [5.41, 5.74) is 2.91. The number of hydrogen-bond donors (Lipinski definition) is 0. The first-order valence-electron chi connectivity index (χ1n) is 8.04. The molecule has 4 aromatic rings. The Balaban J connectivity index is 1.82. The third-order valence-electron chi connectivity index (χ3n) is 4.39. The standard InChI is InChI=1S/C20H14ClF2N3/c1-12-20(23)13(4-6-25-12)8-14-10-24-11-19-16(14)5-7-26(19)18-3-2-15(21)9-17(18)22/h2-7,9-11H,8H2,1H3. The van der Waals surface area contributed by atoms with E-state index >= 15 is 0 Å². The van der Waals surface area contributed by atoms with E-state index in [0.29, 0.717) is 28.4 Å². The number of nitrogens with zero attached hydrogens (tertiary/aromatic N) is 3. The molecule has 0 aliphatic rings. The fourth-order valence-corrected chi connectivity index (χ4v) is 3.24. The maximum Gasteiger partial charge on any atom is 0.148 e. The lowest BCUT2D eigenvalue weighted by molar-refractivity contribution is 0.596. The molecule has 130 valence electrons. The van der Waals surface area contributed by atoms with Gasteiger partial charge >= 0.3 is 0 Å². The van der Waals surface area contributed by atoms with Gasteiger partial charge in [-0.1, -0.05) is 11.6 Å². The number of pyridine rings is 2. The molecule has 0 saturated heterocycles. The maximum absolute atomic E-state index is 14.3. The van der Waals surface area contributed by atoms with Gasteiger partial charge in [0.15, 0.2) is 0 Å². The summed E-state index contributed by atoms with van der Waals surface area (Å²) < 4.78 is 30.3. The third-order valence-corrected chi connectivity index (χ3v) is 4.63. The van der Waals surface area contributed by atoms with Crippen LogP contribution in [0.4, 0.5) is 8.78 Å². The second-order valence-electron chi connectivity index (χ2n) is 6.06. The molecule has 4 rings (SSSR count). The molecule has 0 N–H and O–H groups in total. The number of fused-ring (bicyclic) bond motifs is 1. The molecule has 0 aliphatic carbocycles. The molecule has 3 aromatic heterocycles. The molecule has 0 atom stereocenters. The molecular formula is C20H14ClF2N3. The first kappa shape index (κ1) is 16.7. The van der Waals surface area contributed by atoms with Gasteiger partial charge in [-0.3, -0.25) is 9.97 Å². The molecule has 0 fully saturated rings. The van der Waals surface area contributed by atoms with Crippen LogP contribution in [-0.2, 0) is 6.42 Å². The van der Waals surface area contributed by atoms with Gasteiger partial charge in [0.1, 0.15) is 11.6 Å². The van der Waals surface area contributed by atoms with E-state index in [2.05, 4.69) is 9.97 Å². The molecule has 3 heterocycles. The molecule has 0 aliphatic heterocycles. The first-order chi connectivity index (χ1) is 12.5. The topological polar surface area (TPSA) is 30.7 Å². The Labute approximate surface area is 153 Å². The highest BCUT2D eigenvalue weighted by Gasteiger charge is 2.13. The van der Waals surface area contributed by atoms with E-state index in [1.54, 1.807) is 54.5 Å². The number of rotatable bonds is 3. The van der Waals surface area contributed by atoms with Crippen molar-refractivity contribution in [3.63, 3.8) is 0 Å². The van der Waals surface area contributed by atoms with Crippen LogP contribution in [0.2, 0.25) is 5.02 Å². The van der Waals surface area contributed by atoms with Crippen LogP contribution >= 0.6 is 11.6 Å². The second kappa shape index (κ2) is 6.50. The van der Waals surface area contributed by atoms with Crippen LogP contribution < -0.4 is 0 Å². The van der Waals surface area contributed by atoms with Crippen LogP contribution in [-0.4, -0.2) is 14.5 Å². The molecule has 1 aromatic carbocycles. The van der Waals surface area contributed by atoms with Crippen molar-refractivity contribution in [2.75, 3.05) is 0 Å². The lowest BCUT2D eigenvalue weighted by atomic mass is 10.0. The minimum absolute atomic E-state index is 0.312. The molecule has 26 heavy (non-hydrogen) atoms. The Morgan fingerprint density at radius 1 is 1.08 bits per heavy atom. The number of aryl methyl sites for hydroxylation is 1. The summed E-state index contributed by atoms with van der Waals surface area (Å²) in [7, 11) is 0. The van der Waals surface area contributed by atoms with Crippen molar-refractivity contribution >= 4 is 22.5 Å². The first-order valence-corrected chi connectivity index (χ1v) is 8.42. The molecule has 0 spiro atoms. The third kappa shape index (κ3) is 2.84. The SMILES string of the molecule is Cc1nccc(Cc2cncc3c2ccn3-c2ccc(Cl)cc2F)c1F. The molecule has 0 unspecified atom stereocenters. The van der Waals surface area contributed by atoms with Gasteiger partial charge in [-0.2, -0.15) is 0 Å². The maximum atomic E-state index is 14.3. The molecule has 3 nitrogen and oxygen atoms in total. The summed E-state index contributed by atoms with van der Waals surface area (Å²) in [6, 6.07) is 8.08. The summed E-state index contributed by atoms with van der Waals surface area (Å²) in [6.45, 7) is 1.64. The highest BCUT2D eigenvalue weighted by atomic mass is 35.5. The van der Waals surface area contributed by atoms with Crippen molar-refractivity contribution in [2.45, 2.75) is 13.3 Å². The van der Waals surface area contributed by atoms with Gasteiger partial charge in [-0.05, 0) is 48.4 Å². The van der Waals surface area contributed by atoms with Gasteiger partial charge in [0.25, 0.3) is 0 Å². The van der Waals surface area contributed by atoms with E-state index in [-0.39, 0.29) is 5.82 Å². The zero-order valence-electron chi connectivity index (χ0n) is 13.9. The lowest BCUT2D eigenvalue weighted by Gasteiger charge is -2.09. The number of halogens is 3. The van der Waals surface area contributed by atoms with Crippen molar-refractivity contribution in [3.05, 3.63) is 88.6 Å². The van der Waals surface area contributed by atoms with Gasteiger partial charge in [0.05, 0.1) is 23.1 Å². The Morgan fingerprint density at radius 2 is 1.92 bits per heavy atom. The van der Waals surface area contributed by atoms with Crippen LogP contribution in [0, 0.1) is 18.6 Å². The van der Waals surface area contributed by atoms with Crippen molar-refractivity contribution in [3.8, 4) is 5.69 Å². The molecule has 6 heteroatoms. The van der Waals surface area contributed by atoms with Crippen LogP contribution in [0.5, 0.6) is 0 Å². The van der Waals surface area contributed by atoms with Crippen LogP contribution in [0.1, 0.15) is 16.8 Å². The molecule has 0 amide bonds. The van der Waals surface area contributed by atoms with Crippen LogP contribution in [0.15, 0.2) is 55.1 Å². The van der Waals surface area contributed by atoms with Gasteiger partial charge in [0.2, 0.25) is 0 Å². The van der Waals surface area contributed by atoms with Crippen LogP contribution in [0.25, 0.3) is 16.6 Å². The van der Waals surface area contributed by atoms with E-state index < -0.39 is 5.82 Å². The number of benzene rings is 1. The smallest absolute Gasteiger partial charge is 0.148 e. The van der Waals surface area contributed by atoms with Crippen molar-refractivity contribution in [1.29, 1.82) is 0 Å². The average Bonchev–Trinajstić information content (AvgIpc) is 3.04. The second-order valence-corrected chi connectivity index (χ2v) is 6.50. The minimum atomic E-state index is -0.420. The Kier molecular flexibility index (Phi) is 4.17. The molecule has 0 radical (unpaired) electrons. The fourth-order valence-electron chi connectivity index (χ4n) is 3.09. The monoisotopic (exact) mass is 369 g/mol. The minimum Gasteiger partial charge on any atom is -0.312 e. The molecule has 0 saturated carbocycles. The predicted octanol–water partition coefficient (Wildman–Crippen LogP) is 5.25. The van der Waals surface area contributed by atoms with Gasteiger partial charge in [-0.15, -0.1) is 0 Å². The summed E-state index contributed by atoms with van der Waals surface area (Å²) in [5.74, 6) is -0.733. The zero-order valence-corrected chi connectivity index (χ0v) is 14.6. The Morgan fingerprint density at radius 3 is 2.73 bits per heavy atom. The average molecular weight is 370 g/mol. The van der Waals surface area contributed by atoms with E-state index in [0.717, 1.165) is 16.5 Å². The Bertz CT molecular complexity index is 1120. The largest absolute Gasteiger partial charge is 0.312 e. The van der Waals surface area contributed by atoms with Crippen LogP contribution in [0.3, 0.4) is 0 Å². The fraction of sp³-hybridized carbons (Fsp3) is 0.100. The number of aromatic nitrogens is 3. The van der Waals surface area contributed by atoms with E-state index in [4.69, 9.17) is 11.6 Å². The number of hydrogen-bond acceptors (Lipinski definition) is 2. The van der Waals surface area contributed by atoms with Gasteiger partial charge in [0, 0.05) is 35.4 Å². The van der Waals surface area contributed by atoms with Crippen molar-refractivity contribution < 1.29 is 8.78 Å².